The fourth-order valence-electron chi connectivity index (χ4n) is 3.49. The van der Waals surface area contributed by atoms with E-state index in [2.05, 4.69) is 16.7 Å². The first-order chi connectivity index (χ1) is 11.6. The van der Waals surface area contributed by atoms with Gasteiger partial charge in [-0.25, -0.2) is 4.98 Å². The lowest BCUT2D eigenvalue weighted by molar-refractivity contribution is -0.138. The summed E-state index contributed by atoms with van der Waals surface area (Å²) in [5.74, 6) is 0.579. The Morgan fingerprint density at radius 1 is 1.25 bits per heavy atom. The summed E-state index contributed by atoms with van der Waals surface area (Å²) in [5.41, 5.74) is 7.69. The van der Waals surface area contributed by atoms with Gasteiger partial charge < -0.3 is 15.4 Å². The highest BCUT2D eigenvalue weighted by atomic mass is 16.4. The molecule has 1 atom stereocenters. The van der Waals surface area contributed by atoms with Gasteiger partial charge in [-0.05, 0) is 18.4 Å². The molecule has 128 valence electrons. The molecule has 1 fully saturated rings. The monoisotopic (exact) mass is 327 g/mol. The van der Waals surface area contributed by atoms with Crippen LogP contribution in [0.5, 0.6) is 0 Å². The topological polar surface area (TPSA) is 81.1 Å². The van der Waals surface area contributed by atoms with Crippen LogP contribution in [-0.2, 0) is 17.8 Å². The number of carboxylic acid groups (broad SMARTS) is 1. The van der Waals surface area contributed by atoms with Crippen LogP contribution in [0.3, 0.4) is 0 Å². The Hall–Kier alpha value is -2.14. The number of hydrogen-bond acceptors (Lipinski definition) is 3. The van der Waals surface area contributed by atoms with Gasteiger partial charge in [-0.3, -0.25) is 4.79 Å². The molecule has 0 saturated heterocycles. The van der Waals surface area contributed by atoms with Crippen molar-refractivity contribution in [2.24, 2.45) is 5.73 Å². The second-order valence-corrected chi connectivity index (χ2v) is 6.69. The van der Waals surface area contributed by atoms with Gasteiger partial charge in [-0.1, -0.05) is 49.6 Å². The predicted octanol–water partition coefficient (Wildman–Crippen LogP) is 2.93. The molecule has 1 aromatic carbocycles. The van der Waals surface area contributed by atoms with Crippen molar-refractivity contribution in [1.82, 2.24) is 9.55 Å². The highest BCUT2D eigenvalue weighted by Crippen LogP contribution is 2.32. The van der Waals surface area contributed by atoms with Crippen LogP contribution in [0, 0.1) is 0 Å². The molecule has 5 heteroatoms. The molecule has 1 aliphatic carbocycles. The number of carbonyl (C=O) groups is 1. The third-order valence-corrected chi connectivity index (χ3v) is 4.77. The fourth-order valence-corrected chi connectivity index (χ4v) is 3.49. The summed E-state index contributed by atoms with van der Waals surface area (Å²) < 4.78 is 2.19. The van der Waals surface area contributed by atoms with E-state index in [9.17, 15) is 4.79 Å². The highest BCUT2D eigenvalue weighted by molar-refractivity contribution is 5.73. The summed E-state index contributed by atoms with van der Waals surface area (Å²) in [7, 11) is 0. The van der Waals surface area contributed by atoms with E-state index in [4.69, 9.17) is 15.8 Å². The van der Waals surface area contributed by atoms with Crippen LogP contribution < -0.4 is 5.73 Å². The van der Waals surface area contributed by atoms with Gasteiger partial charge >= 0.3 is 5.97 Å². The fraction of sp³-hybridized carbons (Fsp3) is 0.474. The molecule has 1 aliphatic rings. The third kappa shape index (κ3) is 4.03. The molecule has 0 aliphatic heterocycles. The van der Waals surface area contributed by atoms with Crippen LogP contribution >= 0.6 is 0 Å². The Balaban J connectivity index is 1.85. The lowest BCUT2D eigenvalue weighted by Crippen LogP contribution is -2.32. The molecular formula is C19H25N3O2. The number of nitrogens with zero attached hydrogens (tertiary/aromatic N) is 2. The molecule has 0 unspecified atom stereocenters. The number of benzene rings is 1. The van der Waals surface area contributed by atoms with Crippen molar-refractivity contribution in [3.05, 3.63) is 53.6 Å². The normalized spacial score (nSPS) is 16.9. The molecule has 2 aromatic rings. The minimum absolute atomic E-state index is 0.275. The van der Waals surface area contributed by atoms with Crippen LogP contribution in [0.1, 0.15) is 55.1 Å². The minimum Gasteiger partial charge on any atom is -0.480 e. The Labute approximate surface area is 142 Å². The third-order valence-electron chi connectivity index (χ3n) is 4.77. The van der Waals surface area contributed by atoms with E-state index in [1.54, 1.807) is 0 Å². The molecule has 0 bridgehead atoms. The van der Waals surface area contributed by atoms with Crippen molar-refractivity contribution in [3.8, 4) is 0 Å². The molecule has 0 spiro atoms. The summed E-state index contributed by atoms with van der Waals surface area (Å²) in [5, 5.41) is 9.04. The Morgan fingerprint density at radius 3 is 2.62 bits per heavy atom. The van der Waals surface area contributed by atoms with Crippen molar-refractivity contribution in [2.75, 3.05) is 0 Å². The quantitative estimate of drug-likeness (QED) is 0.855. The van der Waals surface area contributed by atoms with Crippen molar-refractivity contribution < 1.29 is 9.90 Å². The lowest BCUT2D eigenvalue weighted by atomic mass is 9.88. The Bertz CT molecular complexity index is 675. The van der Waals surface area contributed by atoms with Gasteiger partial charge in [0.15, 0.2) is 0 Å². The van der Waals surface area contributed by atoms with Crippen molar-refractivity contribution in [2.45, 2.75) is 57.0 Å². The van der Waals surface area contributed by atoms with Gasteiger partial charge in [-0.2, -0.15) is 0 Å². The zero-order valence-corrected chi connectivity index (χ0v) is 13.9. The standard InChI is InChI=1S/C19H25N3O2/c20-17(19(23)24)11-16-13-22(12-14-7-3-1-4-8-14)18(21-16)15-9-5-2-6-10-15/h1,3-4,7-8,13,15,17H,2,5-6,9-12,20H2,(H,23,24)/t17-/m0/s1. The first-order valence-electron chi connectivity index (χ1n) is 8.71. The molecule has 1 aromatic heterocycles. The summed E-state index contributed by atoms with van der Waals surface area (Å²) in [6, 6.07) is 9.39. The highest BCUT2D eigenvalue weighted by Gasteiger charge is 2.23. The number of aromatic nitrogens is 2. The van der Waals surface area contributed by atoms with E-state index in [1.807, 2.05) is 24.4 Å². The molecule has 3 rings (SSSR count). The largest absolute Gasteiger partial charge is 0.480 e. The molecule has 0 radical (unpaired) electrons. The van der Waals surface area contributed by atoms with Crippen LogP contribution in [0.15, 0.2) is 36.5 Å². The minimum atomic E-state index is -0.980. The van der Waals surface area contributed by atoms with Crippen molar-refractivity contribution in [1.29, 1.82) is 0 Å². The number of nitrogens with two attached hydrogens (primary N) is 1. The predicted molar refractivity (Wildman–Crippen MR) is 92.9 cm³/mol. The first-order valence-corrected chi connectivity index (χ1v) is 8.71. The van der Waals surface area contributed by atoms with E-state index in [0.717, 1.165) is 30.9 Å². The van der Waals surface area contributed by atoms with Crippen LogP contribution in [0.2, 0.25) is 0 Å². The van der Waals surface area contributed by atoms with Gasteiger partial charge in [0.25, 0.3) is 0 Å². The van der Waals surface area contributed by atoms with E-state index in [1.165, 1.54) is 24.8 Å². The average Bonchev–Trinajstić information content (AvgIpc) is 2.98. The van der Waals surface area contributed by atoms with E-state index < -0.39 is 12.0 Å². The molecule has 3 N–H and O–H groups in total. The number of imidazole rings is 1. The van der Waals surface area contributed by atoms with Gasteiger partial charge in [0.1, 0.15) is 11.9 Å². The molecular weight excluding hydrogens is 302 g/mol. The van der Waals surface area contributed by atoms with E-state index >= 15 is 0 Å². The van der Waals surface area contributed by atoms with Crippen LogP contribution in [0.4, 0.5) is 0 Å². The zero-order valence-electron chi connectivity index (χ0n) is 13.9. The van der Waals surface area contributed by atoms with Crippen LogP contribution in [-0.4, -0.2) is 26.7 Å². The SMILES string of the molecule is N[C@@H](Cc1cn(Cc2ccccc2)c(C2CCCCC2)n1)C(=O)O. The maximum absolute atomic E-state index is 11.0. The lowest BCUT2D eigenvalue weighted by Gasteiger charge is -2.22. The van der Waals surface area contributed by atoms with Crippen molar-refractivity contribution in [3.63, 3.8) is 0 Å². The smallest absolute Gasteiger partial charge is 0.320 e. The number of rotatable bonds is 6. The van der Waals surface area contributed by atoms with Gasteiger partial charge in [-0.15, -0.1) is 0 Å². The Kier molecular flexibility index (Phi) is 5.30. The summed E-state index contributed by atoms with van der Waals surface area (Å²) in [6.07, 6.45) is 8.37. The van der Waals surface area contributed by atoms with Gasteiger partial charge in [0, 0.05) is 25.1 Å². The number of hydrogen-bond donors (Lipinski definition) is 2. The molecule has 0 amide bonds. The zero-order chi connectivity index (χ0) is 16.9. The molecule has 1 saturated carbocycles. The first kappa shape index (κ1) is 16.7. The summed E-state index contributed by atoms with van der Waals surface area (Å²) >= 11 is 0. The second-order valence-electron chi connectivity index (χ2n) is 6.69. The van der Waals surface area contributed by atoms with Gasteiger partial charge in [0.05, 0.1) is 5.69 Å². The van der Waals surface area contributed by atoms with Gasteiger partial charge in [0.2, 0.25) is 0 Å². The average molecular weight is 327 g/mol. The summed E-state index contributed by atoms with van der Waals surface area (Å²) in [4.78, 5) is 15.8. The van der Waals surface area contributed by atoms with E-state index in [-0.39, 0.29) is 6.42 Å². The number of carboxylic acids is 1. The maximum Gasteiger partial charge on any atom is 0.320 e. The maximum atomic E-state index is 11.0. The molecule has 5 nitrogen and oxygen atoms in total. The summed E-state index contributed by atoms with van der Waals surface area (Å²) in [6.45, 7) is 0.766. The van der Waals surface area contributed by atoms with Crippen molar-refractivity contribution >= 4 is 5.97 Å². The number of aliphatic carboxylic acids is 1. The van der Waals surface area contributed by atoms with Crippen LogP contribution in [0.25, 0.3) is 0 Å². The second kappa shape index (κ2) is 7.62. The molecule has 24 heavy (non-hydrogen) atoms. The Morgan fingerprint density at radius 2 is 1.96 bits per heavy atom. The van der Waals surface area contributed by atoms with E-state index in [0.29, 0.717) is 5.92 Å². The molecule has 1 heterocycles.